The lowest BCUT2D eigenvalue weighted by Gasteiger charge is -2.22. The standard InChI is InChI=1S/C27H26N2O5S/c1-4-20-11-14-23(15-12-20)29(35(31,32)24-9-7-6-8-10-24)27(30)22(19-28)17-21-13-16-25(34-5-2)26(18-21)33-3/h6-18H,4-5H2,1-3H3/b22-17+. The predicted molar refractivity (Wildman–Crippen MR) is 135 cm³/mol. The first kappa shape index (κ1) is 25.5. The molecule has 0 spiro atoms. The van der Waals surface area contributed by atoms with Crippen LogP contribution in [0.15, 0.2) is 83.3 Å². The molecular formula is C27H26N2O5S. The quantitative estimate of drug-likeness (QED) is 0.310. The first-order valence-corrected chi connectivity index (χ1v) is 12.5. The maximum atomic E-state index is 13.6. The normalized spacial score (nSPS) is 11.4. The molecule has 0 atom stereocenters. The molecule has 0 bridgehead atoms. The molecule has 0 fully saturated rings. The molecule has 0 aliphatic rings. The zero-order valence-corrected chi connectivity index (χ0v) is 20.6. The summed E-state index contributed by atoms with van der Waals surface area (Å²) in [4.78, 5) is 13.5. The SMILES string of the molecule is CCOc1ccc(/C=C(\C#N)C(=O)N(c2ccc(CC)cc2)S(=O)(=O)c2ccccc2)cc1OC. The summed E-state index contributed by atoms with van der Waals surface area (Å²) in [5, 5.41) is 9.82. The van der Waals surface area contributed by atoms with E-state index in [1.807, 2.05) is 19.9 Å². The lowest BCUT2D eigenvalue weighted by molar-refractivity contribution is -0.113. The molecule has 0 heterocycles. The largest absolute Gasteiger partial charge is 0.493 e. The van der Waals surface area contributed by atoms with Gasteiger partial charge in [0.05, 0.1) is 24.3 Å². The van der Waals surface area contributed by atoms with E-state index in [9.17, 15) is 18.5 Å². The number of methoxy groups -OCH3 is 1. The molecule has 35 heavy (non-hydrogen) atoms. The molecule has 3 aromatic carbocycles. The van der Waals surface area contributed by atoms with Crippen molar-refractivity contribution in [3.63, 3.8) is 0 Å². The number of carbonyl (C=O) groups is 1. The Hall–Kier alpha value is -4.09. The summed E-state index contributed by atoms with van der Waals surface area (Å²) in [7, 11) is -2.82. The van der Waals surface area contributed by atoms with Crippen LogP contribution in [0.4, 0.5) is 5.69 Å². The number of aryl methyl sites for hydroxylation is 1. The summed E-state index contributed by atoms with van der Waals surface area (Å²) in [5.74, 6) is -0.0241. The van der Waals surface area contributed by atoms with Crippen molar-refractivity contribution in [2.75, 3.05) is 18.0 Å². The van der Waals surface area contributed by atoms with Crippen LogP contribution in [0.25, 0.3) is 6.08 Å². The fourth-order valence-corrected chi connectivity index (χ4v) is 4.82. The van der Waals surface area contributed by atoms with Gasteiger partial charge in [0, 0.05) is 0 Å². The fraction of sp³-hybridized carbons (Fsp3) is 0.185. The predicted octanol–water partition coefficient (Wildman–Crippen LogP) is 4.99. The molecule has 8 heteroatoms. The number of benzene rings is 3. The maximum absolute atomic E-state index is 13.6. The highest BCUT2D eigenvalue weighted by atomic mass is 32.2. The molecule has 0 unspecified atom stereocenters. The van der Waals surface area contributed by atoms with Gasteiger partial charge in [0.1, 0.15) is 11.6 Å². The van der Waals surface area contributed by atoms with Crippen LogP contribution in [-0.4, -0.2) is 28.0 Å². The summed E-state index contributed by atoms with van der Waals surface area (Å²) in [5.41, 5.74) is 1.25. The Morgan fingerprint density at radius 2 is 1.69 bits per heavy atom. The van der Waals surface area contributed by atoms with E-state index < -0.39 is 15.9 Å². The smallest absolute Gasteiger partial charge is 0.282 e. The van der Waals surface area contributed by atoms with E-state index in [-0.39, 0.29) is 16.2 Å². The number of nitrogens with zero attached hydrogens (tertiary/aromatic N) is 2. The van der Waals surface area contributed by atoms with Gasteiger partial charge in [-0.1, -0.05) is 43.3 Å². The van der Waals surface area contributed by atoms with Gasteiger partial charge in [0.25, 0.3) is 15.9 Å². The van der Waals surface area contributed by atoms with E-state index in [1.165, 1.54) is 25.3 Å². The van der Waals surface area contributed by atoms with E-state index in [1.54, 1.807) is 60.7 Å². The molecule has 3 aromatic rings. The third-order valence-electron chi connectivity index (χ3n) is 5.19. The number of hydrogen-bond acceptors (Lipinski definition) is 6. The highest BCUT2D eigenvalue weighted by molar-refractivity contribution is 7.93. The highest BCUT2D eigenvalue weighted by Crippen LogP contribution is 2.30. The molecule has 0 radical (unpaired) electrons. The molecule has 1 amide bonds. The second-order valence-electron chi connectivity index (χ2n) is 7.42. The minimum Gasteiger partial charge on any atom is -0.493 e. The Bertz CT molecular complexity index is 1360. The van der Waals surface area contributed by atoms with Crippen molar-refractivity contribution in [3.05, 3.63) is 89.5 Å². The van der Waals surface area contributed by atoms with Crippen molar-refractivity contribution in [1.82, 2.24) is 0 Å². The van der Waals surface area contributed by atoms with Crippen LogP contribution >= 0.6 is 0 Å². The number of carbonyl (C=O) groups excluding carboxylic acids is 1. The van der Waals surface area contributed by atoms with Gasteiger partial charge in [-0.3, -0.25) is 4.79 Å². The van der Waals surface area contributed by atoms with Gasteiger partial charge < -0.3 is 9.47 Å². The number of sulfonamides is 1. The number of nitriles is 1. The molecular weight excluding hydrogens is 464 g/mol. The van der Waals surface area contributed by atoms with Crippen LogP contribution in [-0.2, 0) is 21.2 Å². The molecule has 0 saturated carbocycles. The zero-order chi connectivity index (χ0) is 25.4. The molecule has 180 valence electrons. The summed E-state index contributed by atoms with van der Waals surface area (Å²) in [6.45, 7) is 4.26. The van der Waals surface area contributed by atoms with Crippen LogP contribution < -0.4 is 13.8 Å². The molecule has 0 aromatic heterocycles. The van der Waals surface area contributed by atoms with Gasteiger partial charge in [-0.05, 0) is 66.9 Å². The van der Waals surface area contributed by atoms with Gasteiger partial charge in [0.2, 0.25) is 0 Å². The van der Waals surface area contributed by atoms with Gasteiger partial charge in [-0.15, -0.1) is 0 Å². The van der Waals surface area contributed by atoms with E-state index in [2.05, 4.69) is 0 Å². The maximum Gasteiger partial charge on any atom is 0.282 e. The van der Waals surface area contributed by atoms with Crippen molar-refractivity contribution >= 4 is 27.7 Å². The summed E-state index contributed by atoms with van der Waals surface area (Å²) >= 11 is 0. The van der Waals surface area contributed by atoms with Crippen molar-refractivity contribution in [2.45, 2.75) is 25.2 Å². The van der Waals surface area contributed by atoms with Crippen molar-refractivity contribution in [3.8, 4) is 17.6 Å². The fourth-order valence-electron chi connectivity index (χ4n) is 3.40. The average molecular weight is 491 g/mol. The first-order chi connectivity index (χ1) is 16.8. The lowest BCUT2D eigenvalue weighted by atomic mass is 10.1. The molecule has 0 aliphatic heterocycles. The van der Waals surface area contributed by atoms with Crippen LogP contribution in [0.5, 0.6) is 11.5 Å². The third-order valence-corrected chi connectivity index (χ3v) is 6.92. The molecule has 7 nitrogen and oxygen atoms in total. The molecule has 0 aliphatic carbocycles. The number of ether oxygens (including phenoxy) is 2. The van der Waals surface area contributed by atoms with E-state index in [4.69, 9.17) is 9.47 Å². The van der Waals surface area contributed by atoms with Gasteiger partial charge in [0.15, 0.2) is 11.5 Å². The molecule has 3 rings (SSSR count). The van der Waals surface area contributed by atoms with Crippen LogP contribution in [0, 0.1) is 11.3 Å². The van der Waals surface area contributed by atoms with Crippen molar-refractivity contribution in [1.29, 1.82) is 5.26 Å². The Balaban J connectivity index is 2.11. The minimum atomic E-state index is -4.30. The topological polar surface area (TPSA) is 96.7 Å². The summed E-state index contributed by atoms with van der Waals surface area (Å²) < 4.78 is 38.6. The average Bonchev–Trinajstić information content (AvgIpc) is 2.89. The second-order valence-corrected chi connectivity index (χ2v) is 9.21. The molecule has 0 saturated heterocycles. The number of amides is 1. The Morgan fingerprint density at radius 1 is 1.00 bits per heavy atom. The second kappa shape index (κ2) is 11.4. The lowest BCUT2D eigenvalue weighted by Crippen LogP contribution is -2.37. The van der Waals surface area contributed by atoms with Crippen molar-refractivity contribution < 1.29 is 22.7 Å². The Kier molecular flexibility index (Phi) is 8.29. The van der Waals surface area contributed by atoms with E-state index in [0.717, 1.165) is 12.0 Å². The van der Waals surface area contributed by atoms with Crippen LogP contribution in [0.1, 0.15) is 25.0 Å². The van der Waals surface area contributed by atoms with Crippen molar-refractivity contribution in [2.24, 2.45) is 0 Å². The van der Waals surface area contributed by atoms with E-state index >= 15 is 0 Å². The van der Waals surface area contributed by atoms with Gasteiger partial charge in [-0.25, -0.2) is 8.42 Å². The van der Waals surface area contributed by atoms with Gasteiger partial charge >= 0.3 is 0 Å². The number of hydrogen-bond donors (Lipinski definition) is 0. The zero-order valence-electron chi connectivity index (χ0n) is 19.8. The minimum absolute atomic E-state index is 0.0621. The Labute approximate surface area is 205 Å². The van der Waals surface area contributed by atoms with Crippen LogP contribution in [0.2, 0.25) is 0 Å². The number of rotatable bonds is 9. The van der Waals surface area contributed by atoms with Crippen LogP contribution in [0.3, 0.4) is 0 Å². The van der Waals surface area contributed by atoms with E-state index in [0.29, 0.717) is 28.0 Å². The highest BCUT2D eigenvalue weighted by Gasteiger charge is 2.33. The Morgan fingerprint density at radius 3 is 2.26 bits per heavy atom. The third kappa shape index (κ3) is 5.70. The monoisotopic (exact) mass is 490 g/mol. The summed E-state index contributed by atoms with van der Waals surface area (Å²) in [6.07, 6.45) is 2.08. The first-order valence-electron chi connectivity index (χ1n) is 11.0. The van der Waals surface area contributed by atoms with Gasteiger partial charge in [-0.2, -0.15) is 9.57 Å². The molecule has 0 N–H and O–H groups in total. The number of anilines is 1. The summed E-state index contributed by atoms with van der Waals surface area (Å²) in [6, 6.07) is 21.1.